The van der Waals surface area contributed by atoms with Crippen molar-refractivity contribution in [2.24, 2.45) is 7.05 Å². The lowest BCUT2D eigenvalue weighted by Crippen LogP contribution is -2.44. The number of hydrogen-bond acceptors (Lipinski definition) is 9. The Bertz CT molecular complexity index is 2330. The van der Waals surface area contributed by atoms with Gasteiger partial charge in [0.05, 0.1) is 29.0 Å². The number of aromatic nitrogens is 5. The first-order chi connectivity index (χ1) is 26.6. The monoisotopic (exact) mass is 752 g/mol. The third-order valence-corrected chi connectivity index (χ3v) is 10.2. The number of carbonyl (C=O) groups is 4. The van der Waals surface area contributed by atoms with Crippen LogP contribution in [0, 0.1) is 0 Å². The van der Waals surface area contributed by atoms with E-state index >= 15 is 0 Å². The minimum atomic E-state index is -1.03. The summed E-state index contributed by atoms with van der Waals surface area (Å²) in [6, 6.07) is 13.6. The second-order valence-electron chi connectivity index (χ2n) is 14.2. The molecule has 0 bridgehead atoms. The van der Waals surface area contributed by atoms with E-state index in [-0.39, 0.29) is 29.6 Å². The largest absolute Gasteiger partial charge is 0.385 e. The molecule has 1 aliphatic heterocycles. The van der Waals surface area contributed by atoms with Crippen molar-refractivity contribution in [1.29, 1.82) is 0 Å². The highest BCUT2D eigenvalue weighted by atomic mass is 19.1. The van der Waals surface area contributed by atoms with Gasteiger partial charge < -0.3 is 21.3 Å². The van der Waals surface area contributed by atoms with Gasteiger partial charge in [-0.1, -0.05) is 37.8 Å². The zero-order chi connectivity index (χ0) is 38.6. The molecular weight excluding hydrogens is 707 g/mol. The predicted octanol–water partition coefficient (Wildman–Crippen LogP) is 4.30. The van der Waals surface area contributed by atoms with Crippen LogP contribution in [0.2, 0.25) is 0 Å². The Morgan fingerprint density at radius 2 is 1.75 bits per heavy atom. The first-order valence-electron chi connectivity index (χ1n) is 18.8. The molecular formula is C39H45FN10O5. The Kier molecular flexibility index (Phi) is 10.9. The lowest BCUT2D eigenvalue weighted by molar-refractivity contribution is -0.135. The smallest absolute Gasteiger partial charge is 0.329 e. The van der Waals surface area contributed by atoms with E-state index in [0.717, 1.165) is 56.0 Å². The zero-order valence-electron chi connectivity index (χ0n) is 30.9. The van der Waals surface area contributed by atoms with Gasteiger partial charge >= 0.3 is 5.69 Å². The fraction of sp³-hybridized carbons (Fsp3) is 0.410. The molecule has 15 nitrogen and oxygen atoms in total. The average Bonchev–Trinajstić information content (AvgIpc) is 3.59. The molecule has 4 heterocycles. The maximum absolute atomic E-state index is 13.4. The highest BCUT2D eigenvalue weighted by Gasteiger charge is 2.39. The van der Waals surface area contributed by atoms with Crippen molar-refractivity contribution in [1.82, 2.24) is 39.7 Å². The highest BCUT2D eigenvalue weighted by Crippen LogP contribution is 2.27. The third kappa shape index (κ3) is 8.22. The molecule has 5 aromatic rings. The van der Waals surface area contributed by atoms with Crippen molar-refractivity contribution < 1.29 is 23.6 Å². The first-order valence-corrected chi connectivity index (χ1v) is 18.8. The molecule has 3 atom stereocenters. The van der Waals surface area contributed by atoms with E-state index in [2.05, 4.69) is 36.7 Å². The standard InChI is InChI=1S/C39H45FN10O5/c1-41-28-21-33(47-50-32(22-43-35(28)50)38(54)45-27-20-26(27)40)44-25-12-9-11-24(19-25)36(52)42-17-8-6-4-3-5-7-10-23-13-14-29-31(18-23)48(2)39(55)49(29)30-15-16-34(51)46-37(30)53/h9,11-14,18-19,21-22,26-27,30,41H,3-8,10,15-17,20H2,1-2H3,(H,42,52)(H,44,47)(H,45,54)(H,46,51,53)/t26-,27+,30?/m0/s1. The number of halogens is 1. The summed E-state index contributed by atoms with van der Waals surface area (Å²) < 4.78 is 17.9. The van der Waals surface area contributed by atoms with Crippen molar-refractivity contribution in [2.75, 3.05) is 24.2 Å². The van der Waals surface area contributed by atoms with Crippen LogP contribution in [0.5, 0.6) is 0 Å². The van der Waals surface area contributed by atoms with Gasteiger partial charge in [-0.3, -0.25) is 33.6 Å². The number of unbranched alkanes of at least 4 members (excludes halogenated alkanes) is 5. The van der Waals surface area contributed by atoms with Crippen molar-refractivity contribution >= 4 is 57.5 Å². The van der Waals surface area contributed by atoms with E-state index in [9.17, 15) is 28.4 Å². The summed E-state index contributed by atoms with van der Waals surface area (Å²) in [6.45, 7) is 0.562. The fourth-order valence-electron chi connectivity index (χ4n) is 7.07. The van der Waals surface area contributed by atoms with Gasteiger partial charge in [0.25, 0.3) is 11.8 Å². The number of carbonyl (C=O) groups excluding carboxylic acids is 4. The molecule has 1 saturated carbocycles. The predicted molar refractivity (Wildman–Crippen MR) is 205 cm³/mol. The molecule has 16 heteroatoms. The number of imidazole rings is 2. The van der Waals surface area contributed by atoms with Crippen LogP contribution < -0.4 is 32.3 Å². The van der Waals surface area contributed by atoms with Crippen LogP contribution >= 0.6 is 0 Å². The van der Waals surface area contributed by atoms with Crippen molar-refractivity contribution in [3.8, 4) is 0 Å². The molecule has 2 aliphatic rings. The topological polar surface area (TPSA) is 186 Å². The minimum Gasteiger partial charge on any atom is -0.385 e. The fourth-order valence-corrected chi connectivity index (χ4v) is 7.07. The van der Waals surface area contributed by atoms with Crippen molar-refractivity contribution in [2.45, 2.75) is 82.5 Å². The van der Waals surface area contributed by atoms with Gasteiger partial charge in [0, 0.05) is 50.8 Å². The summed E-state index contributed by atoms with van der Waals surface area (Å²) in [6.07, 6.45) is 8.14. The number of nitrogens with one attached hydrogen (secondary N) is 5. The number of piperidine rings is 1. The molecule has 1 saturated heterocycles. The zero-order valence-corrected chi connectivity index (χ0v) is 30.9. The summed E-state index contributed by atoms with van der Waals surface area (Å²) in [5.41, 5.74) is 4.73. The number of rotatable bonds is 16. The molecule has 55 heavy (non-hydrogen) atoms. The Morgan fingerprint density at radius 1 is 0.964 bits per heavy atom. The summed E-state index contributed by atoms with van der Waals surface area (Å²) >= 11 is 0. The van der Waals surface area contributed by atoms with Crippen LogP contribution in [-0.4, -0.2) is 73.2 Å². The molecule has 4 amide bonds. The molecule has 1 unspecified atom stereocenters. The molecule has 2 fully saturated rings. The summed E-state index contributed by atoms with van der Waals surface area (Å²) in [5, 5.41) is 18.8. The Balaban J connectivity index is 0.839. The van der Waals surface area contributed by atoms with Crippen molar-refractivity contribution in [3.63, 3.8) is 0 Å². The number of hydrogen-bond donors (Lipinski definition) is 5. The summed E-state index contributed by atoms with van der Waals surface area (Å²) in [4.78, 5) is 67.1. The van der Waals surface area contributed by atoms with Gasteiger partial charge in [-0.25, -0.2) is 18.7 Å². The number of anilines is 3. The maximum atomic E-state index is 13.4. The molecule has 0 radical (unpaired) electrons. The van der Waals surface area contributed by atoms with Gasteiger partial charge in [0.1, 0.15) is 12.2 Å². The van der Waals surface area contributed by atoms with Gasteiger partial charge in [-0.05, 0) is 61.6 Å². The van der Waals surface area contributed by atoms with E-state index in [4.69, 9.17) is 0 Å². The Morgan fingerprint density at radius 3 is 2.51 bits per heavy atom. The SMILES string of the molecule is CNc1cc(Nc2cccc(C(=O)NCCCCCCCCc3ccc4c(c3)n(C)c(=O)n4C3CCC(=O)NC3=O)c2)nn2c(C(=O)N[C@@H]3C[C@@H]3F)cnc12. The van der Waals surface area contributed by atoms with Gasteiger partial charge in [0.15, 0.2) is 17.2 Å². The number of imide groups is 1. The average molecular weight is 753 g/mol. The lowest BCUT2D eigenvalue weighted by atomic mass is 10.0. The number of aryl methyl sites for hydroxylation is 2. The minimum absolute atomic E-state index is 0.176. The van der Waals surface area contributed by atoms with Gasteiger partial charge in [-0.2, -0.15) is 0 Å². The van der Waals surface area contributed by atoms with Crippen molar-refractivity contribution in [3.05, 3.63) is 82.0 Å². The van der Waals surface area contributed by atoms with Crippen LogP contribution in [0.3, 0.4) is 0 Å². The van der Waals surface area contributed by atoms with Crippen LogP contribution in [0.1, 0.15) is 90.2 Å². The van der Waals surface area contributed by atoms with Crippen LogP contribution in [0.15, 0.2) is 59.5 Å². The molecule has 288 valence electrons. The van der Waals surface area contributed by atoms with E-state index in [1.165, 1.54) is 15.3 Å². The van der Waals surface area contributed by atoms with Crippen LogP contribution in [0.25, 0.3) is 16.7 Å². The van der Waals surface area contributed by atoms with Gasteiger partial charge in [-0.15, -0.1) is 5.10 Å². The van der Waals surface area contributed by atoms with Gasteiger partial charge in [0.2, 0.25) is 11.8 Å². The maximum Gasteiger partial charge on any atom is 0.329 e. The Labute approximate surface area is 316 Å². The quantitative estimate of drug-likeness (QED) is 0.0724. The second-order valence-corrected chi connectivity index (χ2v) is 14.2. The number of alkyl halides is 1. The molecule has 1 aliphatic carbocycles. The highest BCUT2D eigenvalue weighted by molar-refractivity contribution is 6.00. The Hall–Kier alpha value is -6.06. The molecule has 5 N–H and O–H groups in total. The lowest BCUT2D eigenvalue weighted by Gasteiger charge is -2.21. The molecule has 2 aromatic carbocycles. The van der Waals surface area contributed by atoms with Crippen LogP contribution in [-0.2, 0) is 23.1 Å². The van der Waals surface area contributed by atoms with E-state index in [1.807, 2.05) is 24.3 Å². The summed E-state index contributed by atoms with van der Waals surface area (Å²) in [5.74, 6) is -0.954. The second kappa shape index (κ2) is 16.1. The third-order valence-electron chi connectivity index (χ3n) is 10.2. The molecule has 7 rings (SSSR count). The first kappa shape index (κ1) is 37.3. The molecule has 3 aromatic heterocycles. The summed E-state index contributed by atoms with van der Waals surface area (Å²) in [7, 11) is 3.44. The van der Waals surface area contributed by atoms with E-state index < -0.39 is 30.1 Å². The number of nitrogens with zero attached hydrogens (tertiary/aromatic N) is 5. The number of amides is 4. The van der Waals surface area contributed by atoms with E-state index in [0.29, 0.717) is 53.3 Å². The number of benzene rings is 2. The van der Waals surface area contributed by atoms with E-state index in [1.54, 1.807) is 42.9 Å². The normalized spacial score (nSPS) is 18.0. The molecule has 0 spiro atoms. The number of fused-ring (bicyclic) bond motifs is 2. The van der Waals surface area contributed by atoms with Crippen LogP contribution in [0.4, 0.5) is 21.6 Å².